The second kappa shape index (κ2) is 10.6. The molecule has 0 bridgehead atoms. The lowest BCUT2D eigenvalue weighted by atomic mass is 10.1. The molecule has 2 unspecified atom stereocenters. The molecular weight excluding hydrogens is 493 g/mol. The average molecular weight is 528 g/mol. The standard InChI is InChI=1S/C26H34FN7O4/c1-31-3-8-37-19(14-31)16-38-23-12-28-32(2)25(23)21-10-18-11-24(30-34(18)15-22(21)27)29-26(35)20-9-17(20)13-33-4-6-36-7-5-33/h10-12,15,17,19-20H,3-9,13-14,16H2,1-2H3,(H,29,30,35)/t17?,19-,20?/m1/s1. The number of hydrogen-bond donors (Lipinski definition) is 1. The fraction of sp³-hybridized carbons (Fsp3) is 0.577. The molecule has 3 atom stereocenters. The zero-order valence-corrected chi connectivity index (χ0v) is 21.8. The highest BCUT2D eigenvalue weighted by Crippen LogP contribution is 2.40. The van der Waals surface area contributed by atoms with E-state index in [-0.39, 0.29) is 17.9 Å². The number of morpholine rings is 2. The Morgan fingerprint density at radius 3 is 2.87 bits per heavy atom. The van der Waals surface area contributed by atoms with Crippen molar-refractivity contribution < 1.29 is 23.4 Å². The van der Waals surface area contributed by atoms with Crippen molar-refractivity contribution in [3.8, 4) is 17.0 Å². The van der Waals surface area contributed by atoms with E-state index in [0.717, 1.165) is 52.4 Å². The van der Waals surface area contributed by atoms with Crippen LogP contribution in [0.2, 0.25) is 0 Å². The third-order valence-electron chi connectivity index (χ3n) is 7.58. The second-order valence-electron chi connectivity index (χ2n) is 10.5. The Kier molecular flexibility index (Phi) is 7.04. The first kappa shape index (κ1) is 25.2. The number of halogens is 1. The number of anilines is 1. The number of pyridine rings is 1. The Hall–Kier alpha value is -3.06. The predicted molar refractivity (Wildman–Crippen MR) is 138 cm³/mol. The Morgan fingerprint density at radius 1 is 1.21 bits per heavy atom. The minimum absolute atomic E-state index is 0.0166. The van der Waals surface area contributed by atoms with Crippen molar-refractivity contribution in [1.29, 1.82) is 0 Å². The lowest BCUT2D eigenvalue weighted by Crippen LogP contribution is -2.42. The van der Waals surface area contributed by atoms with Crippen molar-refractivity contribution in [2.75, 3.05) is 71.5 Å². The van der Waals surface area contributed by atoms with Gasteiger partial charge in [-0.15, -0.1) is 5.10 Å². The van der Waals surface area contributed by atoms with Crippen LogP contribution in [0, 0.1) is 17.7 Å². The van der Waals surface area contributed by atoms with Gasteiger partial charge in [-0.1, -0.05) is 0 Å². The molecule has 3 aromatic rings. The van der Waals surface area contributed by atoms with Crippen LogP contribution in [0.15, 0.2) is 24.5 Å². The van der Waals surface area contributed by atoms with Crippen molar-refractivity contribution >= 4 is 17.2 Å². The van der Waals surface area contributed by atoms with Crippen molar-refractivity contribution in [2.45, 2.75) is 12.5 Å². The van der Waals surface area contributed by atoms with Gasteiger partial charge in [0.2, 0.25) is 5.91 Å². The molecule has 1 saturated carbocycles. The highest BCUT2D eigenvalue weighted by atomic mass is 19.1. The third kappa shape index (κ3) is 5.39. The molecule has 2 saturated heterocycles. The van der Waals surface area contributed by atoms with Crippen LogP contribution in [0.4, 0.5) is 10.2 Å². The van der Waals surface area contributed by atoms with Crippen LogP contribution >= 0.6 is 0 Å². The molecule has 38 heavy (non-hydrogen) atoms. The number of aromatic nitrogens is 4. The van der Waals surface area contributed by atoms with E-state index in [1.54, 1.807) is 30.1 Å². The molecule has 3 aliphatic rings. The molecule has 204 valence electrons. The zero-order valence-electron chi connectivity index (χ0n) is 21.8. The van der Waals surface area contributed by atoms with Crippen LogP contribution < -0.4 is 10.1 Å². The minimum atomic E-state index is -0.464. The number of nitrogens with one attached hydrogen (secondary N) is 1. The van der Waals surface area contributed by atoms with E-state index in [9.17, 15) is 4.79 Å². The molecule has 12 heteroatoms. The van der Waals surface area contributed by atoms with Gasteiger partial charge >= 0.3 is 0 Å². The Balaban J connectivity index is 1.14. The number of rotatable bonds is 8. The minimum Gasteiger partial charge on any atom is -0.487 e. The maximum absolute atomic E-state index is 15.3. The number of amides is 1. The highest BCUT2D eigenvalue weighted by molar-refractivity contribution is 5.94. The number of carbonyl (C=O) groups excluding carboxylic acids is 1. The number of nitrogens with zero attached hydrogens (tertiary/aromatic N) is 6. The zero-order chi connectivity index (χ0) is 26.2. The number of ether oxygens (including phenoxy) is 3. The van der Waals surface area contributed by atoms with E-state index in [1.807, 2.05) is 7.05 Å². The highest BCUT2D eigenvalue weighted by Gasteiger charge is 2.44. The molecule has 3 fully saturated rings. The summed E-state index contributed by atoms with van der Waals surface area (Å²) in [5.41, 5.74) is 1.53. The van der Waals surface area contributed by atoms with Crippen LogP contribution in [0.5, 0.6) is 5.75 Å². The van der Waals surface area contributed by atoms with Gasteiger partial charge in [0.05, 0.1) is 37.7 Å². The first-order chi connectivity index (χ1) is 18.4. The van der Waals surface area contributed by atoms with Crippen LogP contribution in [0.1, 0.15) is 6.42 Å². The summed E-state index contributed by atoms with van der Waals surface area (Å²) in [6.07, 6.45) is 3.72. The van der Waals surface area contributed by atoms with Gasteiger partial charge < -0.3 is 24.4 Å². The summed E-state index contributed by atoms with van der Waals surface area (Å²) in [4.78, 5) is 17.4. The molecule has 0 aromatic carbocycles. The summed E-state index contributed by atoms with van der Waals surface area (Å²) in [7, 11) is 3.80. The van der Waals surface area contributed by atoms with Crippen LogP contribution in [-0.2, 0) is 21.3 Å². The first-order valence-corrected chi connectivity index (χ1v) is 13.2. The van der Waals surface area contributed by atoms with Gasteiger partial charge in [0.1, 0.15) is 18.4 Å². The maximum Gasteiger partial charge on any atom is 0.229 e. The fourth-order valence-corrected chi connectivity index (χ4v) is 5.34. The van der Waals surface area contributed by atoms with Gasteiger partial charge in [0, 0.05) is 57.3 Å². The van der Waals surface area contributed by atoms with Crippen LogP contribution in [0.25, 0.3) is 16.8 Å². The van der Waals surface area contributed by atoms with Gasteiger partial charge in [-0.2, -0.15) is 5.10 Å². The second-order valence-corrected chi connectivity index (χ2v) is 10.5. The molecule has 5 heterocycles. The van der Waals surface area contributed by atoms with Gasteiger partial charge in [-0.05, 0) is 25.5 Å². The SMILES string of the molecule is CN1CCO[C@@H](COc2cnn(C)c2-c2cc3cc(NC(=O)C4CC4CN4CCOCC4)nn3cc2F)C1. The van der Waals surface area contributed by atoms with Gasteiger partial charge in [0.25, 0.3) is 0 Å². The maximum atomic E-state index is 15.3. The Labute approximate surface area is 220 Å². The predicted octanol–water partition coefficient (Wildman–Crippen LogP) is 1.49. The molecule has 3 aromatic heterocycles. The van der Waals surface area contributed by atoms with E-state index in [0.29, 0.717) is 47.5 Å². The Bertz CT molecular complexity index is 1300. The van der Waals surface area contributed by atoms with E-state index in [4.69, 9.17) is 14.2 Å². The van der Waals surface area contributed by atoms with Crippen molar-refractivity contribution in [3.05, 3.63) is 30.3 Å². The quantitative estimate of drug-likeness (QED) is 0.471. The van der Waals surface area contributed by atoms with E-state index < -0.39 is 5.82 Å². The lowest BCUT2D eigenvalue weighted by molar-refractivity contribution is -0.117. The molecule has 1 N–H and O–H groups in total. The van der Waals surface area contributed by atoms with Crippen LogP contribution in [-0.4, -0.2) is 107 Å². The summed E-state index contributed by atoms with van der Waals surface area (Å²) < 4.78 is 35.5. The van der Waals surface area contributed by atoms with Gasteiger partial charge in [-0.3, -0.25) is 14.4 Å². The normalized spacial score (nSPS) is 24.6. The summed E-state index contributed by atoms with van der Waals surface area (Å²) in [5, 5.41) is 11.6. The molecule has 0 spiro atoms. The lowest BCUT2D eigenvalue weighted by Gasteiger charge is -2.29. The number of fused-ring (bicyclic) bond motifs is 1. The number of hydrogen-bond acceptors (Lipinski definition) is 8. The average Bonchev–Trinajstić information content (AvgIpc) is 3.42. The topological polar surface area (TPSA) is 98.4 Å². The number of aryl methyl sites for hydroxylation is 1. The molecular formula is C26H34FN7O4. The summed E-state index contributed by atoms with van der Waals surface area (Å²) in [6, 6.07) is 3.45. The van der Waals surface area contributed by atoms with Crippen molar-refractivity contribution in [2.24, 2.45) is 18.9 Å². The van der Waals surface area contributed by atoms with Crippen molar-refractivity contribution in [3.63, 3.8) is 0 Å². The molecule has 6 rings (SSSR count). The molecule has 2 aliphatic heterocycles. The van der Waals surface area contributed by atoms with Crippen LogP contribution in [0.3, 0.4) is 0 Å². The first-order valence-electron chi connectivity index (χ1n) is 13.2. The summed E-state index contributed by atoms with van der Waals surface area (Å²) in [5.74, 6) is 0.733. The van der Waals surface area contributed by atoms with Gasteiger partial charge in [-0.25, -0.2) is 8.91 Å². The Morgan fingerprint density at radius 2 is 2.05 bits per heavy atom. The van der Waals surface area contributed by atoms with Gasteiger partial charge in [0.15, 0.2) is 17.4 Å². The number of likely N-dealkylation sites (N-methyl/N-ethyl adjacent to an activating group) is 1. The molecule has 1 amide bonds. The summed E-state index contributed by atoms with van der Waals surface area (Å²) in [6.45, 7) is 6.93. The molecule has 11 nitrogen and oxygen atoms in total. The van der Waals surface area contributed by atoms with E-state index in [2.05, 4.69) is 25.3 Å². The van der Waals surface area contributed by atoms with E-state index in [1.165, 1.54) is 10.7 Å². The smallest absolute Gasteiger partial charge is 0.229 e. The largest absolute Gasteiger partial charge is 0.487 e. The molecule has 1 aliphatic carbocycles. The monoisotopic (exact) mass is 527 g/mol. The fourth-order valence-electron chi connectivity index (χ4n) is 5.34. The van der Waals surface area contributed by atoms with Crippen molar-refractivity contribution in [1.82, 2.24) is 29.2 Å². The number of carbonyl (C=O) groups is 1. The third-order valence-corrected chi connectivity index (χ3v) is 7.58. The summed E-state index contributed by atoms with van der Waals surface area (Å²) >= 11 is 0. The molecule has 0 radical (unpaired) electrons. The van der Waals surface area contributed by atoms with E-state index >= 15 is 4.39 Å².